The molecule has 2 rings (SSSR count). The number of hydrogen-bond acceptors (Lipinski definition) is 7. The predicted molar refractivity (Wildman–Crippen MR) is 66.8 cm³/mol. The summed E-state index contributed by atoms with van der Waals surface area (Å²) in [6.45, 7) is 1.80. The number of nitrogens with two attached hydrogens (primary N) is 2. The van der Waals surface area contributed by atoms with Crippen molar-refractivity contribution in [3.8, 4) is 0 Å². The molecule has 0 saturated carbocycles. The number of hydrogen-bond donors (Lipinski definition) is 5. The van der Waals surface area contributed by atoms with Gasteiger partial charge in [-0.1, -0.05) is 12.2 Å². The second-order valence-electron chi connectivity index (χ2n) is 3.99. The van der Waals surface area contributed by atoms with Crippen molar-refractivity contribution in [2.75, 3.05) is 16.8 Å². The fourth-order valence-corrected chi connectivity index (χ4v) is 1.87. The predicted octanol–water partition coefficient (Wildman–Crippen LogP) is 0.211. The fraction of sp³-hybridized carbons (Fsp3) is 0.556. The standard InChI is InChI=1S/C9H15N5O2S/c1-3-4(15)2-5(16-3)12-7-6(10)8(17)14-9(11)13-7/h3-5,15H,2,10H2,1H3,(H4,11,12,13,14,17)/t3?,4-,5?/m1/s1. The van der Waals surface area contributed by atoms with Gasteiger partial charge in [-0.2, -0.15) is 4.98 Å². The van der Waals surface area contributed by atoms with E-state index in [9.17, 15) is 5.11 Å². The normalized spacial score (nSPS) is 28.2. The summed E-state index contributed by atoms with van der Waals surface area (Å²) in [5.74, 6) is 0.552. The van der Waals surface area contributed by atoms with Gasteiger partial charge in [0.25, 0.3) is 0 Å². The molecule has 0 bridgehead atoms. The van der Waals surface area contributed by atoms with Crippen LogP contribution in [0, 0.1) is 4.64 Å². The lowest BCUT2D eigenvalue weighted by Gasteiger charge is -2.15. The number of nitrogens with one attached hydrogen (secondary N) is 2. The zero-order valence-electron chi connectivity index (χ0n) is 9.30. The molecule has 1 aromatic heterocycles. The third kappa shape index (κ3) is 2.48. The van der Waals surface area contributed by atoms with E-state index in [1.54, 1.807) is 6.92 Å². The average molecular weight is 257 g/mol. The minimum absolute atomic E-state index is 0.179. The van der Waals surface area contributed by atoms with Crippen LogP contribution >= 0.6 is 12.2 Å². The Morgan fingerprint density at radius 2 is 2.29 bits per heavy atom. The zero-order chi connectivity index (χ0) is 12.6. The first kappa shape index (κ1) is 12.1. The van der Waals surface area contributed by atoms with Gasteiger partial charge in [0.2, 0.25) is 5.95 Å². The quantitative estimate of drug-likeness (QED) is 0.480. The van der Waals surface area contributed by atoms with E-state index in [-0.39, 0.29) is 18.3 Å². The third-order valence-corrected chi connectivity index (χ3v) is 2.97. The van der Waals surface area contributed by atoms with Gasteiger partial charge >= 0.3 is 0 Å². The lowest BCUT2D eigenvalue weighted by Crippen LogP contribution is -2.21. The highest BCUT2D eigenvalue weighted by atomic mass is 32.1. The van der Waals surface area contributed by atoms with Gasteiger partial charge < -0.3 is 31.6 Å². The summed E-state index contributed by atoms with van der Waals surface area (Å²) >= 11 is 4.98. The Hall–Kier alpha value is -1.38. The van der Waals surface area contributed by atoms with Gasteiger partial charge in [0.05, 0.1) is 12.2 Å². The number of nitrogens with zero attached hydrogens (tertiary/aromatic N) is 1. The summed E-state index contributed by atoms with van der Waals surface area (Å²) in [4.78, 5) is 6.65. The SMILES string of the molecule is CC1OC(Nc2nc(N)[nH]c(=S)c2N)C[C@H]1O. The smallest absolute Gasteiger partial charge is 0.200 e. The lowest BCUT2D eigenvalue weighted by atomic mass is 10.2. The van der Waals surface area contributed by atoms with Crippen molar-refractivity contribution in [3.05, 3.63) is 4.64 Å². The Labute approximate surface area is 103 Å². The van der Waals surface area contributed by atoms with Gasteiger partial charge in [0, 0.05) is 6.42 Å². The second kappa shape index (κ2) is 4.47. The van der Waals surface area contributed by atoms with Crippen LogP contribution in [0.25, 0.3) is 0 Å². The molecule has 0 spiro atoms. The molecule has 7 N–H and O–H groups in total. The summed E-state index contributed by atoms with van der Waals surface area (Å²) in [6.07, 6.45) is -0.590. The number of nitrogen functional groups attached to an aromatic ring is 2. The van der Waals surface area contributed by atoms with E-state index in [0.29, 0.717) is 22.6 Å². The molecule has 94 valence electrons. The molecular formula is C9H15N5O2S. The largest absolute Gasteiger partial charge is 0.393 e. The maximum Gasteiger partial charge on any atom is 0.200 e. The van der Waals surface area contributed by atoms with E-state index in [0.717, 1.165) is 0 Å². The minimum Gasteiger partial charge on any atom is -0.393 e. The molecule has 1 aliphatic heterocycles. The van der Waals surface area contributed by atoms with Gasteiger partial charge in [-0.05, 0) is 6.92 Å². The van der Waals surface area contributed by atoms with Crippen molar-refractivity contribution in [1.82, 2.24) is 9.97 Å². The van der Waals surface area contributed by atoms with Crippen LogP contribution in [0.5, 0.6) is 0 Å². The number of aromatic amines is 1. The summed E-state index contributed by atoms with van der Waals surface area (Å²) in [5, 5.41) is 12.5. The van der Waals surface area contributed by atoms with Crippen molar-refractivity contribution in [3.63, 3.8) is 0 Å². The maximum absolute atomic E-state index is 9.56. The van der Waals surface area contributed by atoms with Crippen molar-refractivity contribution in [1.29, 1.82) is 0 Å². The number of aliphatic hydroxyl groups is 1. The van der Waals surface area contributed by atoms with Crippen molar-refractivity contribution < 1.29 is 9.84 Å². The van der Waals surface area contributed by atoms with Crippen molar-refractivity contribution in [2.45, 2.75) is 31.8 Å². The van der Waals surface area contributed by atoms with Crippen molar-refractivity contribution >= 4 is 29.7 Å². The molecule has 1 saturated heterocycles. The summed E-state index contributed by atoms with van der Waals surface area (Å²) < 4.78 is 5.80. The number of rotatable bonds is 2. The molecule has 0 aliphatic carbocycles. The monoisotopic (exact) mass is 257 g/mol. The van der Waals surface area contributed by atoms with E-state index < -0.39 is 6.10 Å². The maximum atomic E-state index is 9.56. The molecule has 3 atom stereocenters. The van der Waals surface area contributed by atoms with Crippen LogP contribution in [0.1, 0.15) is 13.3 Å². The second-order valence-corrected chi connectivity index (χ2v) is 4.40. The Bertz CT molecular complexity index is 467. The summed E-state index contributed by atoms with van der Waals surface area (Å²) in [6, 6.07) is 0. The molecule has 1 aliphatic rings. The fourth-order valence-electron chi connectivity index (χ4n) is 1.67. The summed E-state index contributed by atoms with van der Waals surface area (Å²) in [7, 11) is 0. The Kier molecular flexibility index (Phi) is 3.18. The molecule has 1 fully saturated rings. The van der Waals surface area contributed by atoms with Gasteiger partial charge in [0.15, 0.2) is 5.82 Å². The van der Waals surface area contributed by atoms with Crippen LogP contribution in [0.3, 0.4) is 0 Å². The molecular weight excluding hydrogens is 242 g/mol. The van der Waals surface area contributed by atoms with Crippen LogP contribution < -0.4 is 16.8 Å². The van der Waals surface area contributed by atoms with Crippen molar-refractivity contribution in [2.24, 2.45) is 0 Å². The topological polar surface area (TPSA) is 122 Å². The highest BCUT2D eigenvalue weighted by Gasteiger charge is 2.31. The van der Waals surface area contributed by atoms with E-state index in [4.69, 9.17) is 28.4 Å². The highest BCUT2D eigenvalue weighted by Crippen LogP contribution is 2.24. The molecule has 8 heteroatoms. The Morgan fingerprint density at radius 3 is 2.88 bits per heavy atom. The average Bonchev–Trinajstić information content (AvgIpc) is 2.54. The van der Waals surface area contributed by atoms with Crippen LogP contribution in [-0.4, -0.2) is 33.5 Å². The van der Waals surface area contributed by atoms with Crippen LogP contribution in [0.4, 0.5) is 17.5 Å². The van der Waals surface area contributed by atoms with E-state index in [2.05, 4.69) is 15.3 Å². The molecule has 0 amide bonds. The number of anilines is 3. The molecule has 17 heavy (non-hydrogen) atoms. The third-order valence-electron chi connectivity index (χ3n) is 2.65. The van der Waals surface area contributed by atoms with Gasteiger partial charge in [-0.25, -0.2) is 0 Å². The van der Waals surface area contributed by atoms with Crippen LogP contribution in [0.15, 0.2) is 0 Å². The van der Waals surface area contributed by atoms with Gasteiger partial charge in [-0.3, -0.25) is 0 Å². The van der Waals surface area contributed by atoms with E-state index >= 15 is 0 Å². The Balaban J connectivity index is 2.17. The van der Waals surface area contributed by atoms with Crippen LogP contribution in [0.2, 0.25) is 0 Å². The first-order chi connectivity index (χ1) is 7.97. The number of aliphatic hydroxyl groups excluding tert-OH is 1. The first-order valence-electron chi connectivity index (χ1n) is 5.22. The van der Waals surface area contributed by atoms with E-state index in [1.165, 1.54) is 0 Å². The zero-order valence-corrected chi connectivity index (χ0v) is 10.1. The van der Waals surface area contributed by atoms with E-state index in [1.807, 2.05) is 0 Å². The lowest BCUT2D eigenvalue weighted by molar-refractivity contribution is 0.0314. The number of ether oxygens (including phenoxy) is 1. The highest BCUT2D eigenvalue weighted by molar-refractivity contribution is 7.71. The van der Waals surface area contributed by atoms with Crippen LogP contribution in [-0.2, 0) is 4.74 Å². The molecule has 1 aromatic rings. The molecule has 7 nitrogen and oxygen atoms in total. The molecule has 0 aromatic carbocycles. The van der Waals surface area contributed by atoms with Gasteiger partial charge in [-0.15, -0.1) is 0 Å². The first-order valence-corrected chi connectivity index (χ1v) is 5.63. The minimum atomic E-state index is -0.496. The van der Waals surface area contributed by atoms with Gasteiger partial charge in [0.1, 0.15) is 16.6 Å². The number of H-pyrrole nitrogens is 1. The molecule has 2 unspecified atom stereocenters. The molecule has 2 heterocycles. The molecule has 0 radical (unpaired) electrons. The number of aromatic nitrogens is 2. The summed E-state index contributed by atoms with van der Waals surface area (Å²) in [5.41, 5.74) is 11.6. The Morgan fingerprint density at radius 1 is 1.59 bits per heavy atom.